The van der Waals surface area contributed by atoms with E-state index in [9.17, 15) is 22.8 Å². The number of halogens is 4. The van der Waals surface area contributed by atoms with Crippen LogP contribution in [0.2, 0.25) is 5.02 Å². The molecular weight excluding hydrogens is 363 g/mol. The molecule has 2 N–H and O–H groups in total. The largest absolute Gasteiger partial charge is 0.480 e. The Kier molecular flexibility index (Phi) is 5.36. The summed E-state index contributed by atoms with van der Waals surface area (Å²) in [6, 6.07) is 4.54. The zero-order chi connectivity index (χ0) is 18.8. The Morgan fingerprint density at radius 1 is 1.36 bits per heavy atom. The molecule has 134 valence electrons. The van der Waals surface area contributed by atoms with Crippen LogP contribution in [0.1, 0.15) is 22.5 Å². The minimum atomic E-state index is -4.73. The molecule has 10 heteroatoms. The van der Waals surface area contributed by atoms with E-state index < -0.39 is 30.5 Å². The molecule has 1 atom stereocenters. The molecule has 0 bridgehead atoms. The second kappa shape index (κ2) is 7.14. The maximum Gasteiger partial charge on any atom is 0.391 e. The number of aliphatic carboxylic acids is 1. The number of benzene rings is 1. The van der Waals surface area contributed by atoms with Crippen molar-refractivity contribution in [2.75, 3.05) is 0 Å². The first-order valence-corrected chi connectivity index (χ1v) is 7.38. The Bertz CT molecular complexity index is 805. The first-order valence-electron chi connectivity index (χ1n) is 7.00. The molecule has 0 radical (unpaired) electrons. The fourth-order valence-corrected chi connectivity index (χ4v) is 2.33. The number of para-hydroxylation sites is 1. The quantitative estimate of drug-likeness (QED) is 0.841. The summed E-state index contributed by atoms with van der Waals surface area (Å²) >= 11 is 6.03. The Labute approximate surface area is 145 Å². The summed E-state index contributed by atoms with van der Waals surface area (Å²) in [4.78, 5) is 23.1. The summed E-state index contributed by atoms with van der Waals surface area (Å²) < 4.78 is 38.6. The van der Waals surface area contributed by atoms with Crippen LogP contribution in [-0.4, -0.2) is 39.0 Å². The van der Waals surface area contributed by atoms with Gasteiger partial charge in [-0.25, -0.2) is 9.48 Å². The van der Waals surface area contributed by atoms with E-state index in [1.165, 1.54) is 17.8 Å². The molecule has 0 aliphatic rings. The minimum Gasteiger partial charge on any atom is -0.480 e. The van der Waals surface area contributed by atoms with E-state index in [-0.39, 0.29) is 5.69 Å². The lowest BCUT2D eigenvalue weighted by Crippen LogP contribution is -2.43. The monoisotopic (exact) mass is 375 g/mol. The van der Waals surface area contributed by atoms with Crippen molar-refractivity contribution in [2.45, 2.75) is 25.6 Å². The van der Waals surface area contributed by atoms with E-state index in [1.807, 2.05) is 5.32 Å². The van der Waals surface area contributed by atoms with Gasteiger partial charge >= 0.3 is 12.1 Å². The second-order valence-electron chi connectivity index (χ2n) is 5.24. The second-order valence-corrected chi connectivity index (χ2v) is 5.65. The predicted octanol–water partition coefficient (Wildman–Crippen LogP) is 2.97. The van der Waals surface area contributed by atoms with Crippen LogP contribution in [0.3, 0.4) is 0 Å². The van der Waals surface area contributed by atoms with Crippen LogP contribution in [0.15, 0.2) is 30.5 Å². The fraction of sp³-hybridized carbons (Fsp3) is 0.267. The highest BCUT2D eigenvalue weighted by molar-refractivity contribution is 6.32. The van der Waals surface area contributed by atoms with E-state index in [2.05, 4.69) is 5.10 Å². The molecule has 0 aliphatic heterocycles. The van der Waals surface area contributed by atoms with Gasteiger partial charge in [-0.3, -0.25) is 4.79 Å². The van der Waals surface area contributed by atoms with Crippen LogP contribution >= 0.6 is 11.6 Å². The SMILES string of the molecule is Cc1cn(-c2ccccc2Cl)nc1C(=O)NC(CC(F)(F)F)C(=O)O. The molecule has 0 fully saturated rings. The van der Waals surface area contributed by atoms with Crippen LogP contribution in [-0.2, 0) is 4.79 Å². The molecule has 1 amide bonds. The highest BCUT2D eigenvalue weighted by Gasteiger charge is 2.36. The van der Waals surface area contributed by atoms with Crippen LogP contribution in [0, 0.1) is 6.92 Å². The van der Waals surface area contributed by atoms with Crippen molar-refractivity contribution in [1.29, 1.82) is 0 Å². The number of hydrogen-bond donors (Lipinski definition) is 2. The molecule has 1 aromatic heterocycles. The summed E-state index contributed by atoms with van der Waals surface area (Å²) in [5, 5.41) is 15.1. The van der Waals surface area contributed by atoms with Crippen molar-refractivity contribution in [1.82, 2.24) is 15.1 Å². The topological polar surface area (TPSA) is 84.2 Å². The number of nitrogens with one attached hydrogen (secondary N) is 1. The molecule has 0 spiro atoms. The van der Waals surface area contributed by atoms with Gasteiger partial charge in [0.25, 0.3) is 5.91 Å². The first-order chi connectivity index (χ1) is 11.6. The van der Waals surface area contributed by atoms with Gasteiger partial charge in [0.05, 0.1) is 17.1 Å². The number of rotatable bonds is 5. The van der Waals surface area contributed by atoms with Crippen molar-refractivity contribution in [3.63, 3.8) is 0 Å². The number of aromatic nitrogens is 2. The number of hydrogen-bond acceptors (Lipinski definition) is 3. The molecule has 0 saturated carbocycles. The number of carboxylic acid groups (broad SMARTS) is 1. The average Bonchev–Trinajstić information content (AvgIpc) is 2.87. The lowest BCUT2D eigenvalue weighted by Gasteiger charge is -2.15. The molecular formula is C15H13ClF3N3O3. The lowest BCUT2D eigenvalue weighted by atomic mass is 10.2. The van der Waals surface area contributed by atoms with Gasteiger partial charge in [0, 0.05) is 11.8 Å². The van der Waals surface area contributed by atoms with Crippen molar-refractivity contribution in [2.24, 2.45) is 0 Å². The number of carboxylic acids is 1. The normalized spacial score (nSPS) is 12.7. The maximum absolute atomic E-state index is 12.4. The molecule has 2 aromatic rings. The summed E-state index contributed by atoms with van der Waals surface area (Å²) in [6.45, 7) is 1.52. The lowest BCUT2D eigenvalue weighted by molar-refractivity contribution is -0.157. The van der Waals surface area contributed by atoms with Gasteiger partial charge in [-0.15, -0.1) is 0 Å². The summed E-state index contributed by atoms with van der Waals surface area (Å²) in [6.07, 6.45) is -4.95. The molecule has 0 saturated heterocycles. The molecule has 1 unspecified atom stereocenters. The van der Waals surface area contributed by atoms with Crippen molar-refractivity contribution in [3.05, 3.63) is 46.7 Å². The zero-order valence-corrected chi connectivity index (χ0v) is 13.6. The van der Waals surface area contributed by atoms with E-state index in [4.69, 9.17) is 16.7 Å². The number of carbonyl (C=O) groups is 2. The highest BCUT2D eigenvalue weighted by Crippen LogP contribution is 2.23. The Morgan fingerprint density at radius 3 is 2.56 bits per heavy atom. The van der Waals surface area contributed by atoms with Crippen LogP contribution in [0.4, 0.5) is 13.2 Å². The maximum atomic E-state index is 12.4. The Morgan fingerprint density at radius 2 is 2.00 bits per heavy atom. The smallest absolute Gasteiger partial charge is 0.391 e. The number of nitrogens with zero attached hydrogens (tertiary/aromatic N) is 2. The standard InChI is InChI=1S/C15H13ClF3N3O3/c1-8-7-22(11-5-3-2-4-9(11)16)21-12(8)13(23)20-10(14(24)25)6-15(17,18)19/h2-5,7,10H,6H2,1H3,(H,20,23)(H,24,25). The van der Waals surface area contributed by atoms with Gasteiger partial charge in [0.2, 0.25) is 0 Å². The van der Waals surface area contributed by atoms with Crippen LogP contribution < -0.4 is 5.32 Å². The molecule has 1 heterocycles. The number of alkyl halides is 3. The summed E-state index contributed by atoms with van der Waals surface area (Å²) in [5.74, 6) is -2.80. The highest BCUT2D eigenvalue weighted by atomic mass is 35.5. The zero-order valence-electron chi connectivity index (χ0n) is 12.8. The Balaban J connectivity index is 2.25. The number of aryl methyl sites for hydroxylation is 1. The fourth-order valence-electron chi connectivity index (χ4n) is 2.10. The molecule has 6 nitrogen and oxygen atoms in total. The van der Waals surface area contributed by atoms with Gasteiger partial charge in [0.15, 0.2) is 5.69 Å². The minimum absolute atomic E-state index is 0.187. The number of carbonyl (C=O) groups excluding carboxylic acids is 1. The van der Waals surface area contributed by atoms with Gasteiger partial charge in [0.1, 0.15) is 6.04 Å². The third-order valence-corrected chi connectivity index (χ3v) is 3.57. The molecule has 2 rings (SSSR count). The van der Waals surface area contributed by atoms with Gasteiger partial charge in [-0.05, 0) is 19.1 Å². The van der Waals surface area contributed by atoms with E-state index in [1.54, 1.807) is 24.3 Å². The van der Waals surface area contributed by atoms with E-state index in [0.717, 1.165) is 0 Å². The Hall–Kier alpha value is -2.55. The van der Waals surface area contributed by atoms with Crippen LogP contribution in [0.5, 0.6) is 0 Å². The average molecular weight is 376 g/mol. The first kappa shape index (κ1) is 18.8. The molecule has 0 aliphatic carbocycles. The molecule has 1 aromatic carbocycles. The van der Waals surface area contributed by atoms with Gasteiger partial charge < -0.3 is 10.4 Å². The van der Waals surface area contributed by atoms with Gasteiger partial charge in [-0.2, -0.15) is 18.3 Å². The predicted molar refractivity (Wildman–Crippen MR) is 82.9 cm³/mol. The molecule has 25 heavy (non-hydrogen) atoms. The van der Waals surface area contributed by atoms with Crippen molar-refractivity contribution in [3.8, 4) is 5.69 Å². The number of amides is 1. The third kappa shape index (κ3) is 4.72. The van der Waals surface area contributed by atoms with Crippen LogP contribution in [0.25, 0.3) is 5.69 Å². The summed E-state index contributed by atoms with van der Waals surface area (Å²) in [5.41, 5.74) is 0.637. The third-order valence-electron chi connectivity index (χ3n) is 3.25. The van der Waals surface area contributed by atoms with Crippen molar-refractivity contribution >= 4 is 23.5 Å². The van der Waals surface area contributed by atoms with Crippen molar-refractivity contribution < 1.29 is 27.9 Å². The van der Waals surface area contributed by atoms with Gasteiger partial charge in [-0.1, -0.05) is 23.7 Å². The summed E-state index contributed by atoms with van der Waals surface area (Å²) in [7, 11) is 0. The van der Waals surface area contributed by atoms with E-state index >= 15 is 0 Å². The van der Waals surface area contributed by atoms with E-state index in [0.29, 0.717) is 16.3 Å².